The maximum absolute atomic E-state index is 13.1. The summed E-state index contributed by atoms with van der Waals surface area (Å²) in [5.41, 5.74) is 4.80. The fourth-order valence-corrected chi connectivity index (χ4v) is 3.72. The van der Waals surface area contributed by atoms with E-state index in [2.05, 4.69) is 38.2 Å². The molecule has 31 heavy (non-hydrogen) atoms. The van der Waals surface area contributed by atoms with Crippen molar-refractivity contribution < 1.29 is 4.79 Å². The number of carbonyl (C=O) groups excluding carboxylic acids is 1. The van der Waals surface area contributed by atoms with Gasteiger partial charge in [0.1, 0.15) is 18.3 Å². The van der Waals surface area contributed by atoms with Crippen molar-refractivity contribution in [2.45, 2.75) is 13.1 Å². The average Bonchev–Trinajstić information content (AvgIpc) is 3.48. The van der Waals surface area contributed by atoms with Gasteiger partial charge in [-0.2, -0.15) is 5.10 Å². The van der Waals surface area contributed by atoms with Crippen LogP contribution in [-0.2, 0) is 13.1 Å². The van der Waals surface area contributed by atoms with Crippen molar-refractivity contribution >= 4 is 16.8 Å². The van der Waals surface area contributed by atoms with Crippen molar-refractivity contribution in [3.05, 3.63) is 114 Å². The highest BCUT2D eigenvalue weighted by molar-refractivity contribution is 5.98. The molecule has 0 radical (unpaired) electrons. The van der Waals surface area contributed by atoms with Crippen LogP contribution in [0, 0.1) is 0 Å². The van der Waals surface area contributed by atoms with Gasteiger partial charge in [0.05, 0.1) is 5.69 Å². The Morgan fingerprint density at radius 1 is 0.871 bits per heavy atom. The lowest BCUT2D eigenvalue weighted by Crippen LogP contribution is -2.25. The predicted molar refractivity (Wildman–Crippen MR) is 120 cm³/mol. The molecule has 0 saturated heterocycles. The number of hydrogen-bond acceptors (Lipinski definition) is 3. The number of aromatic nitrogens is 4. The van der Waals surface area contributed by atoms with Gasteiger partial charge in [-0.1, -0.05) is 60.7 Å². The van der Waals surface area contributed by atoms with Crippen LogP contribution in [0.2, 0.25) is 0 Å². The molecule has 2 aromatic heterocycles. The summed E-state index contributed by atoms with van der Waals surface area (Å²) in [5, 5.41) is 8.25. The highest BCUT2D eigenvalue weighted by Crippen LogP contribution is 2.21. The summed E-state index contributed by atoms with van der Waals surface area (Å²) in [5.74, 6) is -0.0903. The maximum atomic E-state index is 13.1. The van der Waals surface area contributed by atoms with E-state index in [0.29, 0.717) is 18.8 Å². The van der Waals surface area contributed by atoms with E-state index in [9.17, 15) is 4.79 Å². The predicted octanol–water partition coefficient (Wildman–Crippen LogP) is 4.20. The minimum Gasteiger partial charge on any atom is -0.347 e. The molecule has 0 spiro atoms. The van der Waals surface area contributed by atoms with Crippen LogP contribution in [0.5, 0.6) is 0 Å². The SMILES string of the molecule is O=C(NCc1ccc(-n2cncn2)cc1)c1cc2ccccc2n1Cc1ccccc1. The molecule has 0 aliphatic heterocycles. The molecule has 0 bridgehead atoms. The van der Waals surface area contributed by atoms with Gasteiger partial charge < -0.3 is 9.88 Å². The van der Waals surface area contributed by atoms with E-state index in [0.717, 1.165) is 27.7 Å². The van der Waals surface area contributed by atoms with Crippen molar-refractivity contribution in [2.75, 3.05) is 0 Å². The number of para-hydroxylation sites is 1. The standard InChI is InChI=1S/C25H21N5O/c31-25(27-15-19-10-12-22(13-11-19)30-18-26-17-28-30)24-14-21-8-4-5-9-23(21)29(24)16-20-6-2-1-3-7-20/h1-14,17-18H,15-16H2,(H,27,31). The summed E-state index contributed by atoms with van der Waals surface area (Å²) < 4.78 is 3.78. The third-order valence-electron chi connectivity index (χ3n) is 5.30. The van der Waals surface area contributed by atoms with Gasteiger partial charge in [-0.25, -0.2) is 9.67 Å². The molecule has 5 aromatic rings. The molecule has 6 heteroatoms. The molecule has 3 aromatic carbocycles. The van der Waals surface area contributed by atoms with Crippen LogP contribution in [0.25, 0.3) is 16.6 Å². The van der Waals surface area contributed by atoms with E-state index in [1.807, 2.05) is 66.7 Å². The smallest absolute Gasteiger partial charge is 0.268 e. The Morgan fingerprint density at radius 3 is 2.42 bits per heavy atom. The zero-order valence-corrected chi connectivity index (χ0v) is 16.8. The molecule has 1 N–H and O–H groups in total. The fourth-order valence-electron chi connectivity index (χ4n) is 3.72. The van der Waals surface area contributed by atoms with Crippen molar-refractivity contribution in [1.82, 2.24) is 24.6 Å². The lowest BCUT2D eigenvalue weighted by molar-refractivity contribution is 0.0942. The number of rotatable bonds is 6. The molecule has 0 fully saturated rings. The molecule has 0 unspecified atom stereocenters. The zero-order valence-electron chi connectivity index (χ0n) is 16.8. The van der Waals surface area contributed by atoms with Gasteiger partial charge in [0.25, 0.3) is 5.91 Å². The van der Waals surface area contributed by atoms with E-state index in [4.69, 9.17) is 0 Å². The van der Waals surface area contributed by atoms with Gasteiger partial charge in [0.15, 0.2) is 0 Å². The second kappa shape index (κ2) is 8.28. The van der Waals surface area contributed by atoms with Crippen molar-refractivity contribution in [3.8, 4) is 5.69 Å². The van der Waals surface area contributed by atoms with Gasteiger partial charge in [-0.3, -0.25) is 4.79 Å². The third kappa shape index (κ3) is 3.96. The van der Waals surface area contributed by atoms with Gasteiger partial charge in [0, 0.05) is 24.0 Å². The number of fused-ring (bicyclic) bond motifs is 1. The first-order chi connectivity index (χ1) is 15.3. The molecule has 0 saturated carbocycles. The largest absolute Gasteiger partial charge is 0.347 e. The average molecular weight is 407 g/mol. The normalized spacial score (nSPS) is 11.0. The fraction of sp³-hybridized carbons (Fsp3) is 0.0800. The highest BCUT2D eigenvalue weighted by atomic mass is 16.1. The lowest BCUT2D eigenvalue weighted by Gasteiger charge is -2.12. The topological polar surface area (TPSA) is 64.7 Å². The number of hydrogen-bond donors (Lipinski definition) is 1. The molecule has 0 aliphatic rings. The number of nitrogens with zero attached hydrogens (tertiary/aromatic N) is 4. The van der Waals surface area contributed by atoms with E-state index in [1.54, 1.807) is 11.0 Å². The molecule has 6 nitrogen and oxygen atoms in total. The van der Waals surface area contributed by atoms with E-state index >= 15 is 0 Å². The quantitative estimate of drug-likeness (QED) is 0.459. The molecule has 2 heterocycles. The summed E-state index contributed by atoms with van der Waals surface area (Å²) in [6.07, 6.45) is 3.16. The Balaban J connectivity index is 1.36. The minimum absolute atomic E-state index is 0.0903. The summed E-state index contributed by atoms with van der Waals surface area (Å²) in [6, 6.07) is 28.1. The monoisotopic (exact) mass is 407 g/mol. The molecule has 5 rings (SSSR count). The Labute approximate surface area is 179 Å². The van der Waals surface area contributed by atoms with Crippen LogP contribution in [0.15, 0.2) is 97.6 Å². The number of nitrogens with one attached hydrogen (secondary N) is 1. The molecular weight excluding hydrogens is 386 g/mol. The second-order valence-corrected chi connectivity index (χ2v) is 7.35. The third-order valence-corrected chi connectivity index (χ3v) is 5.30. The number of benzene rings is 3. The van der Waals surface area contributed by atoms with Gasteiger partial charge >= 0.3 is 0 Å². The summed E-state index contributed by atoms with van der Waals surface area (Å²) in [4.78, 5) is 17.1. The number of carbonyl (C=O) groups is 1. The number of amides is 1. The molecule has 0 atom stereocenters. The first kappa shape index (κ1) is 18.8. The summed E-state index contributed by atoms with van der Waals surface area (Å²) in [7, 11) is 0. The Hall–Kier alpha value is -4.19. The van der Waals surface area contributed by atoms with Crippen LogP contribution in [0.3, 0.4) is 0 Å². The first-order valence-corrected chi connectivity index (χ1v) is 10.1. The van der Waals surface area contributed by atoms with Crippen molar-refractivity contribution in [2.24, 2.45) is 0 Å². The van der Waals surface area contributed by atoms with Gasteiger partial charge in [0.2, 0.25) is 0 Å². The van der Waals surface area contributed by atoms with E-state index in [-0.39, 0.29) is 5.91 Å². The van der Waals surface area contributed by atoms with Crippen molar-refractivity contribution in [1.29, 1.82) is 0 Å². The minimum atomic E-state index is -0.0903. The first-order valence-electron chi connectivity index (χ1n) is 10.1. The van der Waals surface area contributed by atoms with Crippen molar-refractivity contribution in [3.63, 3.8) is 0 Å². The Kier molecular flexibility index (Phi) is 5.02. The molecule has 152 valence electrons. The summed E-state index contributed by atoms with van der Waals surface area (Å²) in [6.45, 7) is 1.09. The van der Waals surface area contributed by atoms with Gasteiger partial charge in [-0.15, -0.1) is 0 Å². The lowest BCUT2D eigenvalue weighted by atomic mass is 10.2. The van der Waals surface area contributed by atoms with E-state index in [1.165, 1.54) is 6.33 Å². The highest BCUT2D eigenvalue weighted by Gasteiger charge is 2.15. The van der Waals surface area contributed by atoms with Crippen LogP contribution in [-0.4, -0.2) is 25.2 Å². The molecule has 0 aliphatic carbocycles. The van der Waals surface area contributed by atoms with E-state index < -0.39 is 0 Å². The Morgan fingerprint density at radius 2 is 1.65 bits per heavy atom. The van der Waals surface area contributed by atoms with Crippen LogP contribution >= 0.6 is 0 Å². The molecular formula is C25H21N5O. The van der Waals surface area contributed by atoms with Crippen LogP contribution < -0.4 is 5.32 Å². The van der Waals surface area contributed by atoms with Gasteiger partial charge in [-0.05, 0) is 35.4 Å². The Bertz CT molecular complexity index is 1310. The second-order valence-electron chi connectivity index (χ2n) is 7.35. The molecule has 1 amide bonds. The van der Waals surface area contributed by atoms with Crippen LogP contribution in [0.1, 0.15) is 21.6 Å². The van der Waals surface area contributed by atoms with Crippen LogP contribution in [0.4, 0.5) is 0 Å². The zero-order chi connectivity index (χ0) is 21.0. The summed E-state index contributed by atoms with van der Waals surface area (Å²) >= 11 is 0. The maximum Gasteiger partial charge on any atom is 0.268 e.